The van der Waals surface area contributed by atoms with E-state index in [2.05, 4.69) is 33.8 Å². The van der Waals surface area contributed by atoms with Crippen molar-refractivity contribution >= 4 is 28.7 Å². The molecular formula is C25H28FN7O3. The summed E-state index contributed by atoms with van der Waals surface area (Å²) in [6, 6.07) is 2.49. The van der Waals surface area contributed by atoms with Crippen LogP contribution < -0.4 is 11.1 Å². The normalized spacial score (nSPS) is 17.2. The Morgan fingerprint density at radius 2 is 2.14 bits per heavy atom. The van der Waals surface area contributed by atoms with Crippen molar-refractivity contribution in [3.05, 3.63) is 53.3 Å². The van der Waals surface area contributed by atoms with Crippen LogP contribution in [0.2, 0.25) is 0 Å². The summed E-state index contributed by atoms with van der Waals surface area (Å²) in [5.41, 5.74) is 7.28. The van der Waals surface area contributed by atoms with Gasteiger partial charge in [0, 0.05) is 33.8 Å². The zero-order valence-corrected chi connectivity index (χ0v) is 20.6. The van der Waals surface area contributed by atoms with Crippen molar-refractivity contribution in [2.45, 2.75) is 25.4 Å². The van der Waals surface area contributed by atoms with Crippen molar-refractivity contribution in [1.82, 2.24) is 24.2 Å². The highest BCUT2D eigenvalue weighted by atomic mass is 19.1. The van der Waals surface area contributed by atoms with Gasteiger partial charge in [-0.1, -0.05) is 12.5 Å². The van der Waals surface area contributed by atoms with Gasteiger partial charge in [-0.05, 0) is 31.4 Å². The number of amides is 2. The van der Waals surface area contributed by atoms with E-state index in [1.165, 1.54) is 12.1 Å². The first-order chi connectivity index (χ1) is 17.2. The van der Waals surface area contributed by atoms with E-state index in [1.807, 2.05) is 14.0 Å². The summed E-state index contributed by atoms with van der Waals surface area (Å²) >= 11 is 0. The molecule has 0 aliphatic carbocycles. The molecule has 2 amide bonds. The fraction of sp³-hybridized carbons (Fsp3) is 0.360. The van der Waals surface area contributed by atoms with Crippen molar-refractivity contribution < 1.29 is 18.7 Å². The van der Waals surface area contributed by atoms with Crippen LogP contribution in [0.25, 0.3) is 11.0 Å². The fourth-order valence-corrected chi connectivity index (χ4v) is 4.62. The molecular weight excluding hydrogens is 465 g/mol. The summed E-state index contributed by atoms with van der Waals surface area (Å²) < 4.78 is 23.5. The number of imidazole rings is 1. The van der Waals surface area contributed by atoms with Crippen molar-refractivity contribution in [2.24, 2.45) is 12.8 Å². The Hall–Kier alpha value is -4.17. The van der Waals surface area contributed by atoms with E-state index in [1.54, 1.807) is 34.4 Å². The number of halogens is 1. The highest BCUT2D eigenvalue weighted by Crippen LogP contribution is 2.32. The number of fused-ring (bicyclic) bond motifs is 1. The molecule has 1 fully saturated rings. The number of likely N-dealkylation sites (tertiary alicyclic amines) is 1. The average molecular weight is 494 g/mol. The Balaban J connectivity index is 1.76. The minimum atomic E-state index is -0.725. The van der Waals surface area contributed by atoms with Crippen molar-refractivity contribution in [2.75, 3.05) is 32.6 Å². The number of nitrogens with zero attached hydrogens (tertiary/aromatic N) is 5. The van der Waals surface area contributed by atoms with E-state index < -0.39 is 11.7 Å². The van der Waals surface area contributed by atoms with E-state index in [-0.39, 0.29) is 34.8 Å². The molecule has 36 heavy (non-hydrogen) atoms. The summed E-state index contributed by atoms with van der Waals surface area (Å²) in [5.74, 6) is 5.26. The largest absolute Gasteiger partial charge is 0.383 e. The first kappa shape index (κ1) is 24.9. The van der Waals surface area contributed by atoms with Gasteiger partial charge in [0.15, 0.2) is 5.69 Å². The summed E-state index contributed by atoms with van der Waals surface area (Å²) in [4.78, 5) is 30.9. The Labute approximate surface area is 207 Å². The number of carbonyl (C=O) groups excluding carboxylic acids is 2. The number of nitrogens with one attached hydrogen (secondary N) is 1. The molecule has 4 rings (SSSR count). The number of methoxy groups -OCH3 is 1. The zero-order chi connectivity index (χ0) is 26.1. The van der Waals surface area contributed by atoms with Crippen LogP contribution in [-0.4, -0.2) is 69.4 Å². The number of hydrogen-bond acceptors (Lipinski definition) is 6. The van der Waals surface area contributed by atoms with Gasteiger partial charge in [0.25, 0.3) is 5.91 Å². The second kappa shape index (κ2) is 9.83. The summed E-state index contributed by atoms with van der Waals surface area (Å²) in [6.45, 7) is 6.09. The maximum atomic E-state index is 14.8. The molecule has 1 aliphatic heterocycles. The fourth-order valence-electron chi connectivity index (χ4n) is 4.62. The van der Waals surface area contributed by atoms with Crippen LogP contribution in [0, 0.1) is 24.6 Å². The molecule has 0 bridgehead atoms. The molecule has 0 spiro atoms. The number of rotatable bonds is 6. The molecule has 2 atom stereocenters. The number of aromatic nitrogens is 4. The van der Waals surface area contributed by atoms with Gasteiger partial charge in [0.1, 0.15) is 23.0 Å². The summed E-state index contributed by atoms with van der Waals surface area (Å²) in [6.07, 6.45) is 1.80. The minimum Gasteiger partial charge on any atom is -0.383 e. The number of primary amides is 1. The minimum absolute atomic E-state index is 0.0944. The predicted octanol–water partition coefficient (Wildman–Crippen LogP) is 1.73. The molecule has 3 N–H and O–H groups in total. The summed E-state index contributed by atoms with van der Waals surface area (Å²) in [7, 11) is 5.02. The Morgan fingerprint density at radius 1 is 1.39 bits per heavy atom. The van der Waals surface area contributed by atoms with E-state index in [4.69, 9.17) is 10.5 Å². The summed E-state index contributed by atoms with van der Waals surface area (Å²) in [5, 5.41) is 7.54. The van der Waals surface area contributed by atoms with Gasteiger partial charge >= 0.3 is 0 Å². The van der Waals surface area contributed by atoms with Gasteiger partial charge in [-0.15, -0.1) is 0 Å². The first-order valence-electron chi connectivity index (χ1n) is 11.4. The number of hydrogen-bond donors (Lipinski definition) is 2. The zero-order valence-electron chi connectivity index (χ0n) is 20.6. The van der Waals surface area contributed by atoms with Crippen LogP contribution in [0.4, 0.5) is 10.2 Å². The topological polar surface area (TPSA) is 120 Å². The predicted molar refractivity (Wildman–Crippen MR) is 133 cm³/mol. The quantitative estimate of drug-likeness (QED) is 0.399. The number of anilines is 1. The standard InChI is InChI=1S/C25H28FN7O3/c1-6-22(34)32-12-16(10-17(32)13-36-5)33-25(28-3)23(24(27)35)19(30-33)8-7-15-9-20-21(11-18(15)26)31(4)14(2)29-20/h6,9,11,16-17,28H,1,10,12-13H2,2-5H3,(H2,27,35)/t16?,17-/m1/s1. The molecule has 1 saturated heterocycles. The monoisotopic (exact) mass is 493 g/mol. The van der Waals surface area contributed by atoms with Crippen molar-refractivity contribution in [3.63, 3.8) is 0 Å². The second-order valence-corrected chi connectivity index (χ2v) is 8.61. The molecule has 188 valence electrons. The smallest absolute Gasteiger partial charge is 0.255 e. The van der Waals surface area contributed by atoms with Crippen LogP contribution in [0.1, 0.15) is 39.9 Å². The number of nitrogens with two attached hydrogens (primary N) is 1. The van der Waals surface area contributed by atoms with Crippen LogP contribution in [0.5, 0.6) is 0 Å². The van der Waals surface area contributed by atoms with Crippen molar-refractivity contribution in [3.8, 4) is 11.8 Å². The number of ether oxygens (including phenoxy) is 1. The molecule has 0 saturated carbocycles. The molecule has 1 aromatic carbocycles. The lowest BCUT2D eigenvalue weighted by molar-refractivity contribution is -0.127. The number of aryl methyl sites for hydroxylation is 2. The van der Waals surface area contributed by atoms with Gasteiger partial charge in [-0.2, -0.15) is 5.10 Å². The number of benzene rings is 1. The van der Waals surface area contributed by atoms with Gasteiger partial charge in [0.2, 0.25) is 5.91 Å². The van der Waals surface area contributed by atoms with Gasteiger partial charge in [0.05, 0.1) is 35.3 Å². The lowest BCUT2D eigenvalue weighted by Crippen LogP contribution is -2.37. The lowest BCUT2D eigenvalue weighted by Gasteiger charge is -2.22. The second-order valence-electron chi connectivity index (χ2n) is 8.61. The number of carbonyl (C=O) groups is 2. The van der Waals surface area contributed by atoms with Crippen LogP contribution in [0.15, 0.2) is 24.8 Å². The Morgan fingerprint density at radius 3 is 2.78 bits per heavy atom. The first-order valence-corrected chi connectivity index (χ1v) is 11.4. The van der Waals surface area contributed by atoms with Crippen LogP contribution >= 0.6 is 0 Å². The van der Waals surface area contributed by atoms with E-state index >= 15 is 0 Å². The molecule has 1 unspecified atom stereocenters. The van der Waals surface area contributed by atoms with Gasteiger partial charge in [-0.25, -0.2) is 14.1 Å². The Kier molecular flexibility index (Phi) is 6.81. The SMILES string of the molecule is C=CC(=O)N1CC(n2nc(C#Cc3cc4nc(C)n(C)c4cc3F)c(C(N)=O)c2NC)C[C@@H]1COC. The highest BCUT2D eigenvalue weighted by molar-refractivity contribution is 6.00. The third kappa shape index (κ3) is 4.31. The van der Waals surface area contributed by atoms with Gasteiger partial charge < -0.3 is 25.3 Å². The molecule has 10 nitrogen and oxygen atoms in total. The van der Waals surface area contributed by atoms with E-state index in [0.717, 1.165) is 5.82 Å². The molecule has 3 heterocycles. The maximum Gasteiger partial charge on any atom is 0.255 e. The molecule has 11 heteroatoms. The Bertz CT molecular complexity index is 1430. The van der Waals surface area contributed by atoms with Crippen LogP contribution in [-0.2, 0) is 16.6 Å². The molecule has 2 aromatic heterocycles. The van der Waals surface area contributed by atoms with Gasteiger partial charge in [-0.3, -0.25) is 9.59 Å². The maximum absolute atomic E-state index is 14.8. The molecule has 0 radical (unpaired) electrons. The molecule has 1 aliphatic rings. The third-order valence-corrected chi connectivity index (χ3v) is 6.46. The lowest BCUT2D eigenvalue weighted by atomic mass is 10.1. The van der Waals surface area contributed by atoms with Crippen molar-refractivity contribution in [1.29, 1.82) is 0 Å². The third-order valence-electron chi connectivity index (χ3n) is 6.46. The highest BCUT2D eigenvalue weighted by Gasteiger charge is 2.37. The van der Waals surface area contributed by atoms with Crippen LogP contribution in [0.3, 0.4) is 0 Å². The molecule has 3 aromatic rings. The average Bonchev–Trinajstić information content (AvgIpc) is 3.51. The van der Waals surface area contributed by atoms with E-state index in [9.17, 15) is 14.0 Å². The van der Waals surface area contributed by atoms with E-state index in [0.29, 0.717) is 36.4 Å².